The monoisotopic (exact) mass is 515 g/mol. The first-order valence-electron chi connectivity index (χ1n) is 11.4. The molecule has 3 amide bonds. The lowest BCUT2D eigenvalue weighted by atomic mass is 9.78. The number of anilines is 2. The highest BCUT2D eigenvalue weighted by atomic mass is 79.9. The molecule has 4 atom stereocenters. The van der Waals surface area contributed by atoms with E-state index < -0.39 is 17.7 Å². The number of carbonyl (C=O) groups excluding carboxylic acids is 2. The van der Waals surface area contributed by atoms with E-state index in [1.807, 2.05) is 6.92 Å². The Balaban J connectivity index is 1.77. The number of carbonyl (C=O) groups is 2. The molecule has 2 aromatic rings. The SMILES string of the molecule is CCOc1ccc(N2C(=O)Nc3ccc(Br)cc3[C@@]2(O)C(=O)N[C@@H]2CCC[C@@H](C)[C@@H]2C)cc1. The van der Waals surface area contributed by atoms with E-state index in [9.17, 15) is 14.7 Å². The van der Waals surface area contributed by atoms with Crippen molar-refractivity contribution < 1.29 is 19.4 Å². The summed E-state index contributed by atoms with van der Waals surface area (Å²) in [4.78, 5) is 28.1. The van der Waals surface area contributed by atoms with Gasteiger partial charge in [-0.05, 0) is 67.6 Å². The van der Waals surface area contributed by atoms with Crippen molar-refractivity contribution in [1.82, 2.24) is 5.32 Å². The highest BCUT2D eigenvalue weighted by Gasteiger charge is 2.53. The van der Waals surface area contributed by atoms with Crippen molar-refractivity contribution in [3.8, 4) is 5.75 Å². The average Bonchev–Trinajstić information content (AvgIpc) is 2.79. The molecule has 1 aliphatic carbocycles. The number of amides is 3. The van der Waals surface area contributed by atoms with Crippen molar-refractivity contribution >= 4 is 39.2 Å². The summed E-state index contributed by atoms with van der Waals surface area (Å²) in [5, 5.41) is 17.9. The van der Waals surface area contributed by atoms with Crippen molar-refractivity contribution in [1.29, 1.82) is 0 Å². The van der Waals surface area contributed by atoms with Crippen molar-refractivity contribution in [2.75, 3.05) is 16.8 Å². The smallest absolute Gasteiger partial charge is 0.329 e. The fraction of sp³-hybridized carbons (Fsp3) is 0.440. The summed E-state index contributed by atoms with van der Waals surface area (Å²) >= 11 is 3.43. The molecule has 1 heterocycles. The molecule has 0 radical (unpaired) electrons. The Bertz CT molecular complexity index is 1040. The lowest BCUT2D eigenvalue weighted by Gasteiger charge is -2.44. The minimum Gasteiger partial charge on any atom is -0.494 e. The molecular weight excluding hydrogens is 486 g/mol. The zero-order chi connectivity index (χ0) is 23.8. The maximum Gasteiger partial charge on any atom is 0.329 e. The third-order valence-corrected chi connectivity index (χ3v) is 7.36. The molecule has 4 rings (SSSR count). The Morgan fingerprint density at radius 3 is 2.67 bits per heavy atom. The van der Waals surface area contributed by atoms with Crippen LogP contribution in [0.4, 0.5) is 16.2 Å². The van der Waals surface area contributed by atoms with E-state index >= 15 is 0 Å². The first-order chi connectivity index (χ1) is 15.8. The van der Waals surface area contributed by atoms with Crippen LogP contribution in [0, 0.1) is 11.8 Å². The van der Waals surface area contributed by atoms with E-state index in [1.165, 1.54) is 0 Å². The summed E-state index contributed by atoms with van der Waals surface area (Å²) in [5.74, 6) is 0.762. The van der Waals surface area contributed by atoms with Crippen LogP contribution in [-0.2, 0) is 10.5 Å². The number of benzene rings is 2. The van der Waals surface area contributed by atoms with Crippen molar-refractivity contribution in [2.45, 2.75) is 51.8 Å². The number of ether oxygens (including phenoxy) is 1. The highest BCUT2D eigenvalue weighted by molar-refractivity contribution is 9.10. The molecule has 2 aliphatic rings. The molecule has 33 heavy (non-hydrogen) atoms. The molecule has 7 nitrogen and oxygen atoms in total. The second-order valence-corrected chi connectivity index (χ2v) is 9.82. The Morgan fingerprint density at radius 1 is 1.24 bits per heavy atom. The van der Waals surface area contributed by atoms with Crippen LogP contribution in [0.15, 0.2) is 46.9 Å². The van der Waals surface area contributed by atoms with Crippen LogP contribution < -0.4 is 20.3 Å². The van der Waals surface area contributed by atoms with Gasteiger partial charge >= 0.3 is 6.03 Å². The van der Waals surface area contributed by atoms with Crippen LogP contribution in [0.3, 0.4) is 0 Å². The summed E-state index contributed by atoms with van der Waals surface area (Å²) in [5.41, 5.74) is -1.15. The van der Waals surface area contributed by atoms with Crippen LogP contribution in [0.2, 0.25) is 0 Å². The lowest BCUT2D eigenvalue weighted by Crippen LogP contribution is -2.64. The zero-order valence-electron chi connectivity index (χ0n) is 19.1. The van der Waals surface area contributed by atoms with Crippen LogP contribution in [-0.4, -0.2) is 29.7 Å². The van der Waals surface area contributed by atoms with E-state index in [0.29, 0.717) is 39.7 Å². The number of urea groups is 1. The van der Waals surface area contributed by atoms with Crippen molar-refractivity contribution in [3.63, 3.8) is 0 Å². The Labute approximate surface area is 202 Å². The van der Waals surface area contributed by atoms with Crippen molar-refractivity contribution in [2.24, 2.45) is 11.8 Å². The fourth-order valence-corrected chi connectivity index (χ4v) is 5.15. The van der Waals surface area contributed by atoms with Crippen LogP contribution in [0.5, 0.6) is 5.75 Å². The molecule has 8 heteroatoms. The molecule has 2 aromatic carbocycles. The highest BCUT2D eigenvalue weighted by Crippen LogP contribution is 2.42. The quantitative estimate of drug-likeness (QED) is 0.523. The second-order valence-electron chi connectivity index (χ2n) is 8.90. The minimum atomic E-state index is -2.23. The summed E-state index contributed by atoms with van der Waals surface area (Å²) in [6.07, 6.45) is 2.97. The lowest BCUT2D eigenvalue weighted by molar-refractivity contribution is -0.141. The maximum atomic E-state index is 13.8. The van der Waals surface area contributed by atoms with Crippen molar-refractivity contribution in [3.05, 3.63) is 52.5 Å². The molecule has 1 aliphatic heterocycles. The fourth-order valence-electron chi connectivity index (χ4n) is 4.79. The molecule has 1 fully saturated rings. The van der Waals surface area contributed by atoms with E-state index in [4.69, 9.17) is 4.74 Å². The van der Waals surface area contributed by atoms with Gasteiger partial charge in [0.15, 0.2) is 0 Å². The zero-order valence-corrected chi connectivity index (χ0v) is 20.7. The van der Waals surface area contributed by atoms with E-state index in [1.54, 1.807) is 42.5 Å². The van der Waals surface area contributed by atoms with Gasteiger partial charge in [0.2, 0.25) is 0 Å². The Hall–Kier alpha value is -2.58. The van der Waals surface area contributed by atoms with E-state index in [-0.39, 0.29) is 12.0 Å². The predicted octanol–water partition coefficient (Wildman–Crippen LogP) is 4.99. The predicted molar refractivity (Wildman–Crippen MR) is 131 cm³/mol. The van der Waals surface area contributed by atoms with Gasteiger partial charge in [-0.15, -0.1) is 0 Å². The minimum absolute atomic E-state index is 0.0759. The number of hydrogen-bond donors (Lipinski definition) is 3. The Kier molecular flexibility index (Phi) is 6.68. The standard InChI is InChI=1S/C25H30BrN3O4/c1-4-33-19-11-9-18(10-12-19)29-24(31)28-22-13-8-17(26)14-20(22)25(29,32)23(30)27-21-7-5-6-15(2)16(21)3/h8-16,21,32H,4-7H2,1-3H3,(H,27,30)(H,28,31)/t15-,16+,21-,25-/m1/s1. The van der Waals surface area contributed by atoms with E-state index in [0.717, 1.165) is 24.2 Å². The summed E-state index contributed by atoms with van der Waals surface area (Å²) in [6, 6.07) is 11.2. The summed E-state index contributed by atoms with van der Waals surface area (Å²) < 4.78 is 6.19. The van der Waals surface area contributed by atoms with Crippen LogP contribution in [0.1, 0.15) is 45.6 Å². The van der Waals surface area contributed by atoms with Gasteiger partial charge in [-0.2, -0.15) is 0 Å². The summed E-state index contributed by atoms with van der Waals surface area (Å²) in [6.45, 7) is 6.71. The molecule has 176 valence electrons. The van der Waals surface area contributed by atoms with Crippen LogP contribution in [0.25, 0.3) is 0 Å². The third kappa shape index (κ3) is 4.34. The molecule has 1 saturated carbocycles. The molecule has 0 spiro atoms. The maximum absolute atomic E-state index is 13.8. The van der Waals surface area contributed by atoms with Gasteiger partial charge in [0, 0.05) is 21.8 Å². The topological polar surface area (TPSA) is 90.9 Å². The average molecular weight is 516 g/mol. The largest absolute Gasteiger partial charge is 0.494 e. The van der Waals surface area contributed by atoms with Gasteiger partial charge in [-0.3, -0.25) is 9.69 Å². The normalized spacial score (nSPS) is 26.9. The third-order valence-electron chi connectivity index (χ3n) is 6.87. The van der Waals surface area contributed by atoms with Gasteiger partial charge in [0.25, 0.3) is 11.6 Å². The van der Waals surface area contributed by atoms with E-state index in [2.05, 4.69) is 40.4 Å². The molecule has 3 N–H and O–H groups in total. The number of nitrogens with zero attached hydrogens (tertiary/aromatic N) is 1. The summed E-state index contributed by atoms with van der Waals surface area (Å²) in [7, 11) is 0. The molecule has 0 saturated heterocycles. The van der Waals surface area contributed by atoms with Gasteiger partial charge in [-0.1, -0.05) is 42.6 Å². The molecule has 0 bridgehead atoms. The van der Waals surface area contributed by atoms with Crippen LogP contribution >= 0.6 is 15.9 Å². The van der Waals surface area contributed by atoms with Gasteiger partial charge < -0.3 is 20.5 Å². The molecular formula is C25H30BrN3O4. The number of rotatable bonds is 5. The first-order valence-corrected chi connectivity index (χ1v) is 12.2. The molecule has 0 unspecified atom stereocenters. The second kappa shape index (κ2) is 9.35. The van der Waals surface area contributed by atoms with Gasteiger partial charge in [-0.25, -0.2) is 4.79 Å². The number of hydrogen-bond acceptors (Lipinski definition) is 4. The number of halogens is 1. The molecule has 0 aromatic heterocycles. The number of aliphatic hydroxyl groups is 1. The number of nitrogens with one attached hydrogen (secondary N) is 2. The van der Waals surface area contributed by atoms with Gasteiger partial charge in [0.05, 0.1) is 12.3 Å². The Morgan fingerprint density at radius 2 is 1.97 bits per heavy atom. The number of fused-ring (bicyclic) bond motifs is 1. The van der Waals surface area contributed by atoms with Gasteiger partial charge in [0.1, 0.15) is 5.75 Å². The first kappa shape index (κ1) is 23.6.